The molecule has 6 rings (SSSR count). The fourth-order valence-electron chi connectivity index (χ4n) is 7.52. The van der Waals surface area contributed by atoms with Crippen LogP contribution in [0.1, 0.15) is 88.0 Å². The fraction of sp³-hybridized carbons (Fsp3) is 0.579. The van der Waals surface area contributed by atoms with Crippen LogP contribution < -0.4 is 20.1 Å². The van der Waals surface area contributed by atoms with E-state index in [9.17, 15) is 24.0 Å². The van der Waals surface area contributed by atoms with E-state index >= 15 is 0 Å². The van der Waals surface area contributed by atoms with Crippen LogP contribution in [-0.2, 0) is 28.6 Å². The topological polar surface area (TPSA) is 172 Å². The maximum absolute atomic E-state index is 14.5. The van der Waals surface area contributed by atoms with Crippen LogP contribution in [0.3, 0.4) is 0 Å². The fourth-order valence-corrected chi connectivity index (χ4v) is 7.52. The van der Waals surface area contributed by atoms with Gasteiger partial charge in [-0.05, 0) is 70.4 Å². The highest BCUT2D eigenvalue weighted by Crippen LogP contribution is 2.46. The third-order valence-electron chi connectivity index (χ3n) is 10.4. The number of nitrogens with one attached hydrogen (secondary N) is 2. The van der Waals surface area contributed by atoms with Gasteiger partial charge in [-0.1, -0.05) is 25.0 Å². The lowest BCUT2D eigenvalue weighted by Crippen LogP contribution is -2.56. The number of benzene rings is 1. The minimum atomic E-state index is -1.24. The number of fused-ring (bicyclic) bond motifs is 3. The number of aromatic nitrogens is 1. The van der Waals surface area contributed by atoms with Crippen LogP contribution >= 0.6 is 0 Å². The molecule has 2 aliphatic carbocycles. The number of hydrogen-bond acceptors (Lipinski definition) is 11. The molecule has 14 heteroatoms. The van der Waals surface area contributed by atoms with Crippen molar-refractivity contribution in [2.24, 2.45) is 5.92 Å². The number of ether oxygens (including phenoxy) is 5. The number of allylic oxidation sites excluding steroid dienone is 1. The summed E-state index contributed by atoms with van der Waals surface area (Å²) in [6, 6.07) is 4.64. The van der Waals surface area contributed by atoms with E-state index < -0.39 is 53.6 Å². The zero-order chi connectivity index (χ0) is 36.8. The van der Waals surface area contributed by atoms with Crippen LogP contribution in [0.4, 0.5) is 4.79 Å². The van der Waals surface area contributed by atoms with Crippen molar-refractivity contribution in [1.82, 2.24) is 20.5 Å². The van der Waals surface area contributed by atoms with Gasteiger partial charge in [0.15, 0.2) is 5.69 Å². The third-order valence-corrected chi connectivity index (χ3v) is 10.4. The molecule has 1 aromatic heterocycles. The first kappa shape index (κ1) is 36.9. The third kappa shape index (κ3) is 8.10. The van der Waals surface area contributed by atoms with Gasteiger partial charge in [0.1, 0.15) is 41.3 Å². The van der Waals surface area contributed by atoms with Crippen molar-refractivity contribution >= 4 is 40.7 Å². The molecule has 0 spiro atoms. The Morgan fingerprint density at radius 3 is 2.56 bits per heavy atom. The highest BCUT2D eigenvalue weighted by atomic mass is 16.6. The van der Waals surface area contributed by atoms with Gasteiger partial charge in [-0.3, -0.25) is 9.59 Å². The maximum atomic E-state index is 14.5. The second-order valence-electron chi connectivity index (χ2n) is 13.9. The van der Waals surface area contributed by atoms with E-state index in [1.807, 2.05) is 12.2 Å². The molecule has 3 fully saturated rings. The van der Waals surface area contributed by atoms with Crippen molar-refractivity contribution in [1.29, 1.82) is 0 Å². The first-order chi connectivity index (χ1) is 25.1. The zero-order valence-corrected chi connectivity index (χ0v) is 30.0. The Balaban J connectivity index is 1.32. The molecule has 4 aliphatic rings. The summed E-state index contributed by atoms with van der Waals surface area (Å²) < 4.78 is 27.9. The quantitative estimate of drug-likeness (QED) is 0.225. The summed E-state index contributed by atoms with van der Waals surface area (Å²) in [7, 11) is 2.77. The molecule has 2 aliphatic heterocycles. The summed E-state index contributed by atoms with van der Waals surface area (Å²) in [5.41, 5.74) is -0.807. The Morgan fingerprint density at radius 1 is 1.02 bits per heavy atom. The van der Waals surface area contributed by atoms with Gasteiger partial charge in [-0.25, -0.2) is 19.4 Å². The first-order valence-electron chi connectivity index (χ1n) is 18.3. The lowest BCUT2D eigenvalue weighted by atomic mass is 10.0. The van der Waals surface area contributed by atoms with Gasteiger partial charge < -0.3 is 39.2 Å². The minimum Gasteiger partial charge on any atom is -0.497 e. The van der Waals surface area contributed by atoms with Crippen LogP contribution in [0.5, 0.6) is 11.5 Å². The largest absolute Gasteiger partial charge is 0.497 e. The van der Waals surface area contributed by atoms with Crippen LogP contribution in [0.15, 0.2) is 36.4 Å². The van der Waals surface area contributed by atoms with Crippen molar-refractivity contribution in [3.63, 3.8) is 0 Å². The number of methoxy groups -OCH3 is 2. The molecule has 2 saturated carbocycles. The van der Waals surface area contributed by atoms with Gasteiger partial charge in [0.2, 0.25) is 11.8 Å². The monoisotopic (exact) mass is 720 g/mol. The molecule has 14 nitrogen and oxygen atoms in total. The van der Waals surface area contributed by atoms with Crippen molar-refractivity contribution < 1.29 is 47.7 Å². The zero-order valence-electron chi connectivity index (χ0n) is 30.0. The predicted octanol–water partition coefficient (Wildman–Crippen LogP) is 4.37. The lowest BCUT2D eigenvalue weighted by Gasteiger charge is -2.29. The van der Waals surface area contributed by atoms with Crippen molar-refractivity contribution in [3.8, 4) is 11.5 Å². The normalized spacial score (nSPS) is 26.6. The van der Waals surface area contributed by atoms with E-state index in [0.717, 1.165) is 44.9 Å². The molecule has 0 radical (unpaired) electrons. The second kappa shape index (κ2) is 16.2. The van der Waals surface area contributed by atoms with Gasteiger partial charge in [0.05, 0.1) is 32.9 Å². The molecule has 2 aromatic rings. The predicted molar refractivity (Wildman–Crippen MR) is 188 cm³/mol. The average molecular weight is 721 g/mol. The SMILES string of the molecule is CCOC(=O)[C@@]12CC1C=CCCCCC[C@H](NC(=O)OC1CCCC1)C(=O)N1C[C@H](Oc3cc(C(=O)OC)nc4cc(OC)ccc34)C[C@H]1C(=O)N2. The first-order valence-corrected chi connectivity index (χ1v) is 18.3. The Bertz CT molecular complexity index is 1710. The number of amides is 3. The van der Waals surface area contributed by atoms with E-state index in [1.165, 1.54) is 25.2 Å². The molecule has 5 atom stereocenters. The Kier molecular flexibility index (Phi) is 11.5. The van der Waals surface area contributed by atoms with Crippen LogP contribution in [0, 0.1) is 5.92 Å². The Morgan fingerprint density at radius 2 is 1.81 bits per heavy atom. The Labute approximate surface area is 302 Å². The molecule has 52 heavy (non-hydrogen) atoms. The second-order valence-corrected chi connectivity index (χ2v) is 13.9. The molecule has 280 valence electrons. The van der Waals surface area contributed by atoms with Crippen LogP contribution in [-0.4, -0.2) is 96.9 Å². The highest BCUT2D eigenvalue weighted by Gasteiger charge is 2.62. The summed E-state index contributed by atoms with van der Waals surface area (Å²) in [5, 5.41) is 6.36. The van der Waals surface area contributed by atoms with E-state index in [-0.39, 0.29) is 37.3 Å². The number of carbonyl (C=O) groups is 5. The van der Waals surface area contributed by atoms with E-state index in [2.05, 4.69) is 15.6 Å². The van der Waals surface area contributed by atoms with Gasteiger partial charge in [-0.2, -0.15) is 0 Å². The smallest absolute Gasteiger partial charge is 0.408 e. The van der Waals surface area contributed by atoms with Crippen LogP contribution in [0.2, 0.25) is 0 Å². The van der Waals surface area contributed by atoms with E-state index in [1.54, 1.807) is 25.1 Å². The van der Waals surface area contributed by atoms with E-state index in [4.69, 9.17) is 23.7 Å². The summed E-state index contributed by atoms with van der Waals surface area (Å²) >= 11 is 0. The standard InChI is InChI=1S/C38H48N4O10/c1-4-50-36(46)38-21-23(38)12-8-6-5-7-9-15-28(40-37(47)52-24-13-10-11-14-24)34(44)42-22-26(19-31(42)33(43)41-38)51-32-20-30(35(45)49-3)39-29-18-25(48-2)16-17-27(29)32/h8,12,16-18,20,23-24,26,28,31H,4-7,9-11,13-15,19,21-22H2,1-3H3,(H,40,47)(H,41,43)/t23?,26-,28+,31+,38-/m1/s1. The minimum absolute atomic E-state index is 0.00393. The molecule has 1 aromatic carbocycles. The molecular formula is C38H48N4O10. The van der Waals surface area contributed by atoms with Gasteiger partial charge >= 0.3 is 18.0 Å². The lowest BCUT2D eigenvalue weighted by molar-refractivity contribution is -0.150. The summed E-state index contributed by atoms with van der Waals surface area (Å²) in [5.74, 6) is -1.57. The number of nitrogens with zero attached hydrogens (tertiary/aromatic N) is 2. The summed E-state index contributed by atoms with van der Waals surface area (Å²) in [6.45, 7) is 1.86. The van der Waals surface area contributed by atoms with E-state index in [0.29, 0.717) is 41.7 Å². The average Bonchev–Trinajstić information content (AvgIpc) is 3.41. The summed E-state index contributed by atoms with van der Waals surface area (Å²) in [6.07, 6.45) is 9.89. The number of pyridine rings is 1. The van der Waals surface area contributed by atoms with Crippen molar-refractivity contribution in [3.05, 3.63) is 42.1 Å². The van der Waals surface area contributed by atoms with Crippen LogP contribution in [0.25, 0.3) is 10.9 Å². The van der Waals surface area contributed by atoms with Crippen molar-refractivity contribution in [2.45, 2.75) is 107 Å². The number of carbonyl (C=O) groups excluding carboxylic acids is 5. The Hall–Kier alpha value is -4.88. The molecule has 2 N–H and O–H groups in total. The number of alkyl carbamates (subject to hydrolysis) is 1. The maximum Gasteiger partial charge on any atom is 0.408 e. The van der Waals surface area contributed by atoms with Gasteiger partial charge in [0, 0.05) is 29.9 Å². The molecular weight excluding hydrogens is 672 g/mol. The number of hydrogen-bond donors (Lipinski definition) is 2. The van der Waals surface area contributed by atoms with Gasteiger partial charge in [-0.15, -0.1) is 0 Å². The molecule has 1 saturated heterocycles. The molecule has 3 heterocycles. The number of esters is 2. The molecule has 1 unspecified atom stereocenters. The van der Waals surface area contributed by atoms with Gasteiger partial charge in [0.25, 0.3) is 0 Å². The molecule has 3 amide bonds. The van der Waals surface area contributed by atoms with Crippen molar-refractivity contribution in [2.75, 3.05) is 27.4 Å². The summed E-state index contributed by atoms with van der Waals surface area (Å²) in [4.78, 5) is 73.6. The molecule has 0 bridgehead atoms. The highest BCUT2D eigenvalue weighted by molar-refractivity contribution is 5.97. The number of rotatable bonds is 8.